The zero-order chi connectivity index (χ0) is 30.3. The number of pyridine rings is 1. The van der Waals surface area contributed by atoms with Crippen molar-refractivity contribution in [1.82, 2.24) is 10.3 Å². The van der Waals surface area contributed by atoms with E-state index in [0.29, 0.717) is 5.39 Å². The van der Waals surface area contributed by atoms with Crippen LogP contribution in [0.15, 0.2) is 85.1 Å². The number of aromatic nitrogens is 1. The van der Waals surface area contributed by atoms with E-state index in [1.165, 1.54) is 29.2 Å². The van der Waals surface area contributed by atoms with Crippen molar-refractivity contribution in [2.24, 2.45) is 0 Å². The molecule has 2 aliphatic rings. The van der Waals surface area contributed by atoms with E-state index >= 15 is 0 Å². The van der Waals surface area contributed by atoms with E-state index in [-0.39, 0.29) is 40.8 Å². The van der Waals surface area contributed by atoms with Crippen molar-refractivity contribution in [3.8, 4) is 0 Å². The van der Waals surface area contributed by atoms with E-state index in [1.807, 2.05) is 12.1 Å². The first-order valence-corrected chi connectivity index (χ1v) is 14.2. The van der Waals surface area contributed by atoms with Gasteiger partial charge in [0.1, 0.15) is 23.7 Å². The van der Waals surface area contributed by atoms with Gasteiger partial charge in [0, 0.05) is 53.2 Å². The molecule has 0 radical (unpaired) electrons. The van der Waals surface area contributed by atoms with Crippen LogP contribution in [0.1, 0.15) is 37.3 Å². The molecular formula is C32H26ClF3N4O3. The van der Waals surface area contributed by atoms with Gasteiger partial charge in [-0.15, -0.1) is 0 Å². The molecule has 220 valence electrons. The number of amides is 3. The predicted octanol–water partition coefficient (Wildman–Crippen LogP) is 6.21. The molecule has 1 aromatic heterocycles. The lowest BCUT2D eigenvalue weighted by molar-refractivity contribution is -0.133. The first kappa shape index (κ1) is 28.7. The molecule has 1 saturated heterocycles. The molecule has 4 aromatic rings. The fraction of sp³-hybridized carbons (Fsp3) is 0.250. The molecule has 2 heterocycles. The van der Waals surface area contributed by atoms with E-state index < -0.39 is 54.5 Å². The number of hydrogen-bond acceptors (Lipinski definition) is 4. The Morgan fingerprint density at radius 3 is 2.51 bits per heavy atom. The van der Waals surface area contributed by atoms with Crippen LogP contribution in [-0.2, 0) is 14.4 Å². The first-order valence-electron chi connectivity index (χ1n) is 13.8. The molecule has 0 spiro atoms. The smallest absolute Gasteiger partial charge is 0.252 e. The Balaban J connectivity index is 1.46. The maximum Gasteiger partial charge on any atom is 0.252 e. The summed E-state index contributed by atoms with van der Waals surface area (Å²) < 4.78 is 41.9. The summed E-state index contributed by atoms with van der Waals surface area (Å²) in [6.45, 7) is 0. The molecule has 6 rings (SSSR count). The highest BCUT2D eigenvalue weighted by atomic mass is 35.5. The van der Waals surface area contributed by atoms with E-state index in [9.17, 15) is 27.6 Å². The maximum atomic E-state index is 14.7. The van der Waals surface area contributed by atoms with Crippen molar-refractivity contribution in [3.05, 3.63) is 101 Å². The molecule has 1 aliphatic carbocycles. The minimum absolute atomic E-state index is 0.0363. The maximum absolute atomic E-state index is 14.7. The lowest BCUT2D eigenvalue weighted by atomic mass is 9.87. The van der Waals surface area contributed by atoms with Crippen LogP contribution in [0, 0.1) is 5.82 Å². The number of anilines is 2. The average molecular weight is 607 g/mol. The molecular weight excluding hydrogens is 581 g/mol. The van der Waals surface area contributed by atoms with Crippen LogP contribution < -0.4 is 15.1 Å². The zero-order valence-electron chi connectivity index (χ0n) is 22.7. The molecule has 1 aliphatic heterocycles. The molecule has 1 N–H and O–H groups in total. The molecule has 2 unspecified atom stereocenters. The summed E-state index contributed by atoms with van der Waals surface area (Å²) in [6, 6.07) is 17.2. The van der Waals surface area contributed by atoms with Gasteiger partial charge in [-0.2, -0.15) is 0 Å². The van der Waals surface area contributed by atoms with Gasteiger partial charge in [-0.25, -0.2) is 18.2 Å². The zero-order valence-corrected chi connectivity index (χ0v) is 23.5. The van der Waals surface area contributed by atoms with Gasteiger partial charge in [0.2, 0.25) is 11.8 Å². The number of fused-ring (bicyclic) bond motifs is 1. The molecule has 0 bridgehead atoms. The summed E-state index contributed by atoms with van der Waals surface area (Å²) in [7, 11) is 0. The average Bonchev–Trinajstić information content (AvgIpc) is 3.35. The topological polar surface area (TPSA) is 82.6 Å². The van der Waals surface area contributed by atoms with Crippen molar-refractivity contribution >= 4 is 51.6 Å². The van der Waals surface area contributed by atoms with Gasteiger partial charge in [0.05, 0.1) is 0 Å². The summed E-state index contributed by atoms with van der Waals surface area (Å²) in [5.41, 5.74) is 0.249. The first-order chi connectivity index (χ1) is 20.6. The predicted molar refractivity (Wildman–Crippen MR) is 156 cm³/mol. The van der Waals surface area contributed by atoms with Crippen molar-refractivity contribution in [1.29, 1.82) is 0 Å². The highest BCUT2D eigenvalue weighted by Crippen LogP contribution is 2.40. The van der Waals surface area contributed by atoms with Crippen molar-refractivity contribution in [3.63, 3.8) is 0 Å². The minimum Gasteiger partial charge on any atom is -0.351 e. The normalized spacial score (nSPS) is 18.7. The molecule has 43 heavy (non-hydrogen) atoms. The molecule has 3 amide bonds. The second-order valence-electron chi connectivity index (χ2n) is 10.8. The summed E-state index contributed by atoms with van der Waals surface area (Å²) in [5, 5.41) is 4.24. The summed E-state index contributed by atoms with van der Waals surface area (Å²) in [5.74, 6) is -5.05. The Labute approximate surface area is 250 Å². The SMILES string of the molecule is O=C(NC1CC(F)(F)C1)C(c1ccccc1Cl)N(C(=O)C1CCC(=O)N1c1nccc2ccccc12)c1cccc(F)c1. The Morgan fingerprint density at radius 1 is 1.02 bits per heavy atom. The summed E-state index contributed by atoms with van der Waals surface area (Å²) >= 11 is 6.55. The highest BCUT2D eigenvalue weighted by molar-refractivity contribution is 6.31. The lowest BCUT2D eigenvalue weighted by Crippen LogP contribution is -2.56. The van der Waals surface area contributed by atoms with Crippen LogP contribution in [0.25, 0.3) is 10.8 Å². The number of halogens is 4. The van der Waals surface area contributed by atoms with Crippen LogP contribution >= 0.6 is 11.6 Å². The van der Waals surface area contributed by atoms with Crippen molar-refractivity contribution in [2.45, 2.75) is 49.7 Å². The van der Waals surface area contributed by atoms with Gasteiger partial charge in [-0.3, -0.25) is 24.2 Å². The second-order valence-corrected chi connectivity index (χ2v) is 11.2. The molecule has 3 aromatic carbocycles. The Kier molecular flexibility index (Phi) is 7.56. The third-order valence-electron chi connectivity index (χ3n) is 7.84. The van der Waals surface area contributed by atoms with E-state index in [0.717, 1.165) is 16.4 Å². The summed E-state index contributed by atoms with van der Waals surface area (Å²) in [4.78, 5) is 48.8. The molecule has 2 fully saturated rings. The van der Waals surface area contributed by atoms with Gasteiger partial charge in [0.25, 0.3) is 11.8 Å². The lowest BCUT2D eigenvalue weighted by Gasteiger charge is -2.39. The molecule has 2 atom stereocenters. The Hall–Kier alpha value is -4.44. The van der Waals surface area contributed by atoms with E-state index in [4.69, 9.17) is 11.6 Å². The fourth-order valence-corrected chi connectivity index (χ4v) is 6.05. The molecule has 1 saturated carbocycles. The van der Waals surface area contributed by atoms with Crippen LogP contribution in [0.3, 0.4) is 0 Å². The third-order valence-corrected chi connectivity index (χ3v) is 8.19. The van der Waals surface area contributed by atoms with Gasteiger partial charge < -0.3 is 5.32 Å². The van der Waals surface area contributed by atoms with Crippen LogP contribution in [0.4, 0.5) is 24.7 Å². The summed E-state index contributed by atoms with van der Waals surface area (Å²) in [6.07, 6.45) is 0.612. The van der Waals surface area contributed by atoms with Crippen LogP contribution in [0.2, 0.25) is 5.02 Å². The minimum atomic E-state index is -2.90. The fourth-order valence-electron chi connectivity index (χ4n) is 5.81. The Morgan fingerprint density at radius 2 is 1.77 bits per heavy atom. The number of nitrogens with zero attached hydrogens (tertiary/aromatic N) is 3. The van der Waals surface area contributed by atoms with Gasteiger partial charge >= 0.3 is 0 Å². The number of carbonyl (C=O) groups is 3. The van der Waals surface area contributed by atoms with Crippen LogP contribution in [-0.4, -0.2) is 40.7 Å². The largest absolute Gasteiger partial charge is 0.351 e. The van der Waals surface area contributed by atoms with Gasteiger partial charge in [-0.05, 0) is 42.1 Å². The standard InChI is InChI=1S/C32H26ClF3N4O3/c33-25-11-4-3-10-24(25)28(30(42)38-21-17-32(35,36)18-21)39(22-8-5-7-20(34)16-22)31(43)26-12-13-27(41)40(26)29-23-9-2-1-6-19(23)14-15-37-29/h1-11,14-16,21,26,28H,12-13,17-18H2,(H,38,42). The number of benzene rings is 3. The van der Waals surface area contributed by atoms with Gasteiger partial charge in [-0.1, -0.05) is 60.1 Å². The Bertz CT molecular complexity index is 1720. The second kappa shape index (κ2) is 11.3. The van der Waals surface area contributed by atoms with E-state index in [1.54, 1.807) is 42.6 Å². The number of carbonyl (C=O) groups excluding carboxylic acids is 3. The van der Waals surface area contributed by atoms with Crippen molar-refractivity contribution in [2.75, 3.05) is 9.80 Å². The quantitative estimate of drug-likeness (QED) is 0.271. The molecule has 11 heteroatoms. The number of hydrogen-bond donors (Lipinski definition) is 1. The number of nitrogens with one attached hydrogen (secondary N) is 1. The van der Waals surface area contributed by atoms with Crippen molar-refractivity contribution < 1.29 is 27.6 Å². The molecule has 7 nitrogen and oxygen atoms in total. The third kappa shape index (κ3) is 5.54. The highest BCUT2D eigenvalue weighted by Gasteiger charge is 2.48. The number of alkyl halides is 2. The van der Waals surface area contributed by atoms with E-state index in [2.05, 4.69) is 10.3 Å². The van der Waals surface area contributed by atoms with Gasteiger partial charge in [0.15, 0.2) is 0 Å². The monoisotopic (exact) mass is 606 g/mol. The number of rotatable bonds is 7. The van der Waals surface area contributed by atoms with Crippen LogP contribution in [0.5, 0.6) is 0 Å².